The van der Waals surface area contributed by atoms with Crippen molar-refractivity contribution in [1.29, 1.82) is 0 Å². The van der Waals surface area contributed by atoms with Gasteiger partial charge in [-0.15, -0.1) is 0 Å². The summed E-state index contributed by atoms with van der Waals surface area (Å²) in [5.41, 5.74) is 19.7. The summed E-state index contributed by atoms with van der Waals surface area (Å²) >= 11 is 0. The topological polar surface area (TPSA) is 86.6 Å². The fourth-order valence-corrected chi connectivity index (χ4v) is 12.8. The predicted molar refractivity (Wildman–Crippen MR) is 298 cm³/mol. The van der Waals surface area contributed by atoms with Crippen LogP contribution in [0.2, 0.25) is 0 Å². The molecule has 0 amide bonds. The van der Waals surface area contributed by atoms with Crippen LogP contribution in [0, 0.1) is 0 Å². The zero-order valence-electron chi connectivity index (χ0n) is 40.8. The molecular formula is C69H42N6O. The number of aromatic nitrogens is 6. The summed E-state index contributed by atoms with van der Waals surface area (Å²) in [6.07, 6.45) is 0. The number of fused-ring (bicyclic) bond motifs is 9. The Morgan fingerprint density at radius 2 is 0.592 bits per heavy atom. The Bertz CT molecular complexity index is 4250. The summed E-state index contributed by atoms with van der Waals surface area (Å²) in [6.45, 7) is 0. The maximum Gasteiger partial charge on any atom is 0.164 e. The van der Waals surface area contributed by atoms with Gasteiger partial charge in [-0.25, -0.2) is 29.9 Å². The molecule has 3 heterocycles. The van der Waals surface area contributed by atoms with Crippen LogP contribution >= 0.6 is 0 Å². The second-order valence-corrected chi connectivity index (χ2v) is 20.0. The second kappa shape index (κ2) is 16.5. The highest BCUT2D eigenvalue weighted by Gasteiger charge is 2.51. The van der Waals surface area contributed by atoms with Crippen LogP contribution in [-0.4, -0.2) is 29.9 Å². The minimum atomic E-state index is -0.627. The molecule has 7 nitrogen and oxygen atoms in total. The van der Waals surface area contributed by atoms with Crippen LogP contribution in [0.25, 0.3) is 79.5 Å². The van der Waals surface area contributed by atoms with Crippen LogP contribution in [0.5, 0.6) is 11.5 Å². The molecule has 2 bridgehead atoms. The first-order chi connectivity index (χ1) is 37.7. The maximum atomic E-state index is 6.81. The molecule has 1 spiro atoms. The summed E-state index contributed by atoms with van der Waals surface area (Å²) in [4.78, 5) is 31.2. The van der Waals surface area contributed by atoms with E-state index in [9.17, 15) is 0 Å². The molecular weight excluding hydrogens is 929 g/mol. The first kappa shape index (κ1) is 42.5. The number of benzene rings is 10. The Balaban J connectivity index is 0.838. The number of rotatable bonds is 6. The van der Waals surface area contributed by atoms with Crippen molar-refractivity contribution in [3.63, 3.8) is 0 Å². The lowest BCUT2D eigenvalue weighted by Gasteiger charge is -2.42. The minimum Gasteiger partial charge on any atom is -0.457 e. The van der Waals surface area contributed by atoms with Crippen molar-refractivity contribution < 1.29 is 4.74 Å². The van der Waals surface area contributed by atoms with E-state index in [0.717, 1.165) is 56.0 Å². The highest BCUT2D eigenvalue weighted by molar-refractivity contribution is 5.89. The number of para-hydroxylation sites is 1. The van der Waals surface area contributed by atoms with Crippen molar-refractivity contribution in [2.75, 3.05) is 0 Å². The van der Waals surface area contributed by atoms with Gasteiger partial charge in [-0.05, 0) is 92.0 Å². The molecule has 4 aliphatic carbocycles. The van der Waals surface area contributed by atoms with Crippen molar-refractivity contribution in [2.24, 2.45) is 0 Å². The molecule has 0 fully saturated rings. The molecule has 0 saturated carbocycles. The summed E-state index contributed by atoms with van der Waals surface area (Å²) in [6, 6.07) is 85.6. The van der Waals surface area contributed by atoms with Crippen LogP contribution in [0.1, 0.15) is 67.5 Å². The highest BCUT2D eigenvalue weighted by Crippen LogP contribution is 2.62. The SMILES string of the molecule is c1ccc(-c2nc(-c3ccccc3)nc(-c3ccc4c(c3)C3c5ccccc5C4c4cc(-c5nc(-c6ccccc6)nc(-c6ccc7c(c6)C6(c8ccccc8O7)c7ccccc7-c7ccccc76)n5)ccc43)n2)cc1. The van der Waals surface area contributed by atoms with Gasteiger partial charge in [0.2, 0.25) is 0 Å². The summed E-state index contributed by atoms with van der Waals surface area (Å²) in [7, 11) is 0. The summed E-state index contributed by atoms with van der Waals surface area (Å²) in [5.74, 6) is 5.40. The van der Waals surface area contributed by atoms with E-state index in [1.165, 1.54) is 55.6 Å². The lowest BCUT2D eigenvalue weighted by molar-refractivity contribution is 0.436. The normalized spacial score (nSPS) is 15.3. The Morgan fingerprint density at radius 3 is 1.07 bits per heavy atom. The fraction of sp³-hybridized carbons (Fsp3) is 0.0435. The molecule has 0 N–H and O–H groups in total. The van der Waals surface area contributed by atoms with Gasteiger partial charge in [-0.1, -0.05) is 206 Å². The van der Waals surface area contributed by atoms with E-state index < -0.39 is 5.41 Å². The molecule has 2 aromatic heterocycles. The van der Waals surface area contributed by atoms with Gasteiger partial charge >= 0.3 is 0 Å². The van der Waals surface area contributed by atoms with Gasteiger partial charge in [-0.3, -0.25) is 0 Å². The molecule has 1 aliphatic heterocycles. The van der Waals surface area contributed by atoms with Crippen LogP contribution < -0.4 is 4.74 Å². The Hall–Kier alpha value is -9.98. The molecule has 7 heteroatoms. The van der Waals surface area contributed by atoms with E-state index in [2.05, 4.69) is 164 Å². The third-order valence-electron chi connectivity index (χ3n) is 16.0. The van der Waals surface area contributed by atoms with Gasteiger partial charge in [0.1, 0.15) is 11.5 Å². The van der Waals surface area contributed by atoms with Crippen molar-refractivity contribution >= 4 is 0 Å². The average molecular weight is 971 g/mol. The lowest BCUT2D eigenvalue weighted by Crippen LogP contribution is -2.32. The van der Waals surface area contributed by atoms with Crippen LogP contribution in [0.4, 0.5) is 0 Å². The van der Waals surface area contributed by atoms with Gasteiger partial charge in [0.05, 0.1) is 5.41 Å². The zero-order valence-corrected chi connectivity index (χ0v) is 40.8. The third-order valence-corrected chi connectivity index (χ3v) is 16.0. The van der Waals surface area contributed by atoms with Gasteiger partial charge in [0, 0.05) is 56.3 Å². The first-order valence-electron chi connectivity index (χ1n) is 25.8. The summed E-state index contributed by atoms with van der Waals surface area (Å²) < 4.78 is 6.81. The predicted octanol–water partition coefficient (Wildman–Crippen LogP) is 15.5. The van der Waals surface area contributed by atoms with E-state index in [4.69, 9.17) is 34.6 Å². The van der Waals surface area contributed by atoms with E-state index in [1.54, 1.807) is 0 Å². The van der Waals surface area contributed by atoms with Crippen LogP contribution in [0.15, 0.2) is 243 Å². The van der Waals surface area contributed by atoms with Crippen molar-refractivity contribution in [3.8, 4) is 91.0 Å². The van der Waals surface area contributed by atoms with Crippen molar-refractivity contribution in [3.05, 3.63) is 298 Å². The largest absolute Gasteiger partial charge is 0.457 e. The van der Waals surface area contributed by atoms with Gasteiger partial charge in [0.15, 0.2) is 34.9 Å². The van der Waals surface area contributed by atoms with Crippen molar-refractivity contribution in [1.82, 2.24) is 29.9 Å². The first-order valence-corrected chi connectivity index (χ1v) is 25.8. The zero-order chi connectivity index (χ0) is 49.9. The Labute approximate surface area is 439 Å². The fourth-order valence-electron chi connectivity index (χ4n) is 12.8. The molecule has 0 saturated heterocycles. The molecule has 0 radical (unpaired) electrons. The van der Waals surface area contributed by atoms with Gasteiger partial charge in [-0.2, -0.15) is 0 Å². The highest BCUT2D eigenvalue weighted by atomic mass is 16.5. The molecule has 2 atom stereocenters. The monoisotopic (exact) mass is 970 g/mol. The molecule has 12 aromatic rings. The van der Waals surface area contributed by atoms with E-state index in [-0.39, 0.29) is 11.8 Å². The maximum absolute atomic E-state index is 6.81. The molecule has 2 unspecified atom stereocenters. The molecule has 5 aliphatic rings. The molecule has 354 valence electrons. The number of hydrogen-bond donors (Lipinski definition) is 0. The van der Waals surface area contributed by atoms with Crippen LogP contribution in [-0.2, 0) is 5.41 Å². The van der Waals surface area contributed by atoms with E-state index >= 15 is 0 Å². The van der Waals surface area contributed by atoms with Crippen LogP contribution in [0.3, 0.4) is 0 Å². The molecule has 10 aromatic carbocycles. The molecule has 76 heavy (non-hydrogen) atoms. The van der Waals surface area contributed by atoms with Gasteiger partial charge in [0.25, 0.3) is 0 Å². The standard InChI is InChI=1S/C69H42N6O/c1-4-18-41(19-5-1)63-70-64(42-20-6-2-7-21-42)72-66(71-63)44-32-35-51-53(38-44)61-49-26-10-11-27-50(49)62(51)54-39-45(33-36-52(54)61)67-73-65(43-22-8-3-9-23-43)74-68(75-67)46-34-37-60-58(40-46)69(57-30-16-17-31-59(57)76-60)55-28-14-12-24-47(55)48-25-13-15-29-56(48)69/h1-40,61-62H. The number of hydrogen-bond acceptors (Lipinski definition) is 7. The summed E-state index contributed by atoms with van der Waals surface area (Å²) in [5, 5.41) is 0. The number of nitrogens with zero attached hydrogens (tertiary/aromatic N) is 6. The number of ether oxygens (including phenoxy) is 1. The Kier molecular flexibility index (Phi) is 9.24. The second-order valence-electron chi connectivity index (χ2n) is 20.0. The van der Waals surface area contributed by atoms with Gasteiger partial charge < -0.3 is 4.74 Å². The van der Waals surface area contributed by atoms with Crippen molar-refractivity contribution in [2.45, 2.75) is 17.3 Å². The minimum absolute atomic E-state index is 0.000891. The average Bonchev–Trinajstić information content (AvgIpc) is 3.87. The smallest absolute Gasteiger partial charge is 0.164 e. The molecule has 17 rings (SSSR count). The lowest BCUT2D eigenvalue weighted by atomic mass is 9.61. The Morgan fingerprint density at radius 1 is 0.250 bits per heavy atom. The van der Waals surface area contributed by atoms with E-state index in [1.807, 2.05) is 78.9 Å². The quantitative estimate of drug-likeness (QED) is 0.164. The third kappa shape index (κ3) is 6.29. The van der Waals surface area contributed by atoms with E-state index in [0.29, 0.717) is 34.9 Å².